The number of aliphatic hydroxyl groups is 1. The number of hydrogen-bond donors (Lipinski definition) is 6. The molecule has 0 aliphatic carbocycles. The summed E-state index contributed by atoms with van der Waals surface area (Å²) < 4.78 is 21.4. The number of nitrogens with two attached hydrogens (primary N) is 1. The summed E-state index contributed by atoms with van der Waals surface area (Å²) in [6, 6.07) is 0. The van der Waals surface area contributed by atoms with Gasteiger partial charge in [0.05, 0.1) is 0 Å². The second kappa shape index (κ2) is 15.9. The van der Waals surface area contributed by atoms with E-state index in [1.54, 1.807) is 0 Å². The van der Waals surface area contributed by atoms with Crippen molar-refractivity contribution < 1.29 is 55.7 Å². The number of hydrogen-bond acceptors (Lipinski definition) is 4. The molecular weight excluding hydrogens is 346 g/mol. The zero-order chi connectivity index (χ0) is 11.6. The van der Waals surface area contributed by atoms with E-state index >= 15 is 0 Å². The SMILES string of the molecule is NCCCC(O)(P(=O)(O)O)P(=O)(O)O.O.O.O.O.[NaH].[NaH]. The summed E-state index contributed by atoms with van der Waals surface area (Å²) in [5.41, 5.74) is 5.01. The van der Waals surface area contributed by atoms with Gasteiger partial charge in [0.15, 0.2) is 0 Å². The molecular formula is C4H23NNa2O11P2. The van der Waals surface area contributed by atoms with Crippen LogP contribution in [0.25, 0.3) is 0 Å². The van der Waals surface area contributed by atoms with E-state index < -0.39 is 26.7 Å². The number of rotatable bonds is 5. The Morgan fingerprint density at radius 2 is 1.10 bits per heavy atom. The summed E-state index contributed by atoms with van der Waals surface area (Å²) in [6.07, 6.45) is -0.856. The van der Waals surface area contributed by atoms with E-state index in [1.807, 2.05) is 0 Å². The van der Waals surface area contributed by atoms with Crippen LogP contribution in [-0.2, 0) is 9.13 Å². The van der Waals surface area contributed by atoms with Crippen molar-refractivity contribution in [3.05, 3.63) is 0 Å². The average molecular weight is 369 g/mol. The molecule has 0 spiro atoms. The van der Waals surface area contributed by atoms with Gasteiger partial charge in [-0.1, -0.05) is 0 Å². The van der Waals surface area contributed by atoms with Gasteiger partial charge in [0, 0.05) is 6.42 Å². The van der Waals surface area contributed by atoms with Gasteiger partial charge in [-0.25, -0.2) is 0 Å². The average Bonchev–Trinajstić information content (AvgIpc) is 1.95. The zero-order valence-electron chi connectivity index (χ0n) is 9.15. The standard InChI is InChI=1S/C4H13NO7P2.2Na.4H2O.2H/c5-3-1-2-4(6,13(7,8)9)14(10,11)12;;;;;;;;/h6H,1-3,5H2,(H2,7,8,9)(H2,10,11,12);;;4*1H2;;. The van der Waals surface area contributed by atoms with Crippen molar-refractivity contribution in [2.75, 3.05) is 6.54 Å². The van der Waals surface area contributed by atoms with Crippen molar-refractivity contribution in [3.8, 4) is 0 Å². The maximum absolute atomic E-state index is 10.7. The van der Waals surface area contributed by atoms with E-state index in [1.165, 1.54) is 0 Å². The maximum atomic E-state index is 10.7. The van der Waals surface area contributed by atoms with Crippen molar-refractivity contribution in [1.82, 2.24) is 0 Å². The third-order valence-corrected chi connectivity index (χ3v) is 5.53. The second-order valence-corrected chi connectivity index (χ2v) is 6.76. The van der Waals surface area contributed by atoms with E-state index in [9.17, 15) is 14.2 Å². The Balaban J connectivity index is -0.0000000563. The molecule has 122 valence electrons. The Kier molecular flexibility index (Phi) is 34.4. The fraction of sp³-hybridized carbons (Fsp3) is 1.00. The first-order chi connectivity index (χ1) is 6.06. The summed E-state index contributed by atoms with van der Waals surface area (Å²) in [6.45, 7) is -0.0394. The van der Waals surface area contributed by atoms with Gasteiger partial charge < -0.3 is 52.3 Å². The Morgan fingerprint density at radius 1 is 0.850 bits per heavy atom. The van der Waals surface area contributed by atoms with Crippen LogP contribution in [0.3, 0.4) is 0 Å². The topological polar surface area (TPSA) is 287 Å². The van der Waals surface area contributed by atoms with Gasteiger partial charge in [0.25, 0.3) is 5.08 Å². The van der Waals surface area contributed by atoms with Crippen LogP contribution >= 0.6 is 15.2 Å². The van der Waals surface area contributed by atoms with Gasteiger partial charge in [0.1, 0.15) is 0 Å². The third kappa shape index (κ3) is 11.6. The molecule has 0 aromatic heterocycles. The first-order valence-electron chi connectivity index (χ1n) is 3.60. The van der Waals surface area contributed by atoms with Gasteiger partial charge in [-0.3, -0.25) is 9.13 Å². The van der Waals surface area contributed by atoms with E-state index in [2.05, 4.69) is 0 Å². The zero-order valence-corrected chi connectivity index (χ0v) is 10.9. The Bertz CT molecular complexity index is 270. The second-order valence-electron chi connectivity index (χ2n) is 2.75. The molecule has 20 heavy (non-hydrogen) atoms. The van der Waals surface area contributed by atoms with Crippen molar-refractivity contribution in [1.29, 1.82) is 0 Å². The first kappa shape index (κ1) is 43.1. The fourth-order valence-corrected chi connectivity index (χ4v) is 3.06. The monoisotopic (exact) mass is 369 g/mol. The summed E-state index contributed by atoms with van der Waals surface area (Å²) >= 11 is 0. The molecule has 0 heterocycles. The van der Waals surface area contributed by atoms with E-state index in [0.717, 1.165) is 0 Å². The van der Waals surface area contributed by atoms with E-state index in [-0.39, 0.29) is 94.0 Å². The van der Waals surface area contributed by atoms with Gasteiger partial charge in [-0.2, -0.15) is 0 Å². The summed E-state index contributed by atoms with van der Waals surface area (Å²) in [7, 11) is -10.6. The molecule has 0 aromatic rings. The molecule has 0 radical (unpaired) electrons. The molecule has 0 aliphatic heterocycles. The van der Waals surface area contributed by atoms with Gasteiger partial charge >= 0.3 is 74.3 Å². The van der Waals surface area contributed by atoms with Gasteiger partial charge in [0.2, 0.25) is 0 Å². The molecule has 0 atom stereocenters. The Labute approximate surface area is 159 Å². The van der Waals surface area contributed by atoms with Crippen molar-refractivity contribution in [2.45, 2.75) is 17.9 Å². The predicted octanol–water partition coefficient (Wildman–Crippen LogP) is -5.87. The minimum atomic E-state index is -5.30. The van der Waals surface area contributed by atoms with Gasteiger partial charge in [-0.15, -0.1) is 0 Å². The molecule has 16 heteroatoms. The molecule has 0 fully saturated rings. The minimum absolute atomic E-state index is 0. The summed E-state index contributed by atoms with van der Waals surface area (Å²) in [5.74, 6) is 0. The molecule has 0 bridgehead atoms. The van der Waals surface area contributed by atoms with E-state index in [4.69, 9.17) is 25.3 Å². The Morgan fingerprint density at radius 3 is 1.25 bits per heavy atom. The predicted molar refractivity (Wildman–Crippen MR) is 76.1 cm³/mol. The molecule has 0 aromatic carbocycles. The molecule has 15 N–H and O–H groups in total. The molecule has 12 nitrogen and oxygen atoms in total. The van der Waals surface area contributed by atoms with Crippen LogP contribution in [0.1, 0.15) is 12.8 Å². The van der Waals surface area contributed by atoms with Crippen LogP contribution in [0.4, 0.5) is 0 Å². The van der Waals surface area contributed by atoms with Crippen LogP contribution in [0, 0.1) is 0 Å². The quantitative estimate of drug-likeness (QED) is 0.200. The fourth-order valence-electron chi connectivity index (χ4n) is 0.800. The normalized spacial score (nSPS) is 10.1. The van der Waals surface area contributed by atoms with Crippen LogP contribution in [0.15, 0.2) is 0 Å². The molecule has 0 rings (SSSR count). The summed E-state index contributed by atoms with van der Waals surface area (Å²) in [4.78, 5) is 34.5. The molecule has 0 amide bonds. The molecule has 0 saturated carbocycles. The van der Waals surface area contributed by atoms with E-state index in [0.29, 0.717) is 0 Å². The first-order valence-corrected chi connectivity index (χ1v) is 6.82. The van der Waals surface area contributed by atoms with Crippen molar-refractivity contribution in [2.24, 2.45) is 5.73 Å². The summed E-state index contributed by atoms with van der Waals surface area (Å²) in [5, 5.41) is 5.91. The van der Waals surface area contributed by atoms with Crippen molar-refractivity contribution in [3.63, 3.8) is 0 Å². The van der Waals surface area contributed by atoms with Crippen molar-refractivity contribution >= 4 is 74.3 Å². The van der Waals surface area contributed by atoms with Crippen LogP contribution in [0.5, 0.6) is 0 Å². The van der Waals surface area contributed by atoms with Crippen LogP contribution in [-0.4, -0.2) is 117 Å². The molecule has 0 aliphatic rings. The molecule has 0 saturated heterocycles. The van der Waals surface area contributed by atoms with Crippen LogP contribution in [0.2, 0.25) is 0 Å². The molecule has 0 unspecified atom stereocenters. The third-order valence-electron chi connectivity index (χ3n) is 1.65. The van der Waals surface area contributed by atoms with Gasteiger partial charge in [-0.05, 0) is 13.0 Å². The van der Waals surface area contributed by atoms with Crippen LogP contribution < -0.4 is 5.73 Å². The Hall–Kier alpha value is 2.06.